The maximum absolute atomic E-state index is 13.1. The lowest BCUT2D eigenvalue weighted by Gasteiger charge is -2.07. The summed E-state index contributed by atoms with van der Waals surface area (Å²) in [4.78, 5) is 3.73. The number of guanidine groups is 1. The maximum atomic E-state index is 13.1. The van der Waals surface area contributed by atoms with E-state index in [1.165, 1.54) is 19.2 Å². The van der Waals surface area contributed by atoms with Gasteiger partial charge in [0.15, 0.2) is 5.96 Å². The number of hydrogen-bond donors (Lipinski definition) is 2. The van der Waals surface area contributed by atoms with Crippen molar-refractivity contribution < 1.29 is 9.13 Å². The van der Waals surface area contributed by atoms with Gasteiger partial charge in [0.25, 0.3) is 0 Å². The molecule has 0 radical (unpaired) electrons. The number of halogens is 2. The quantitative estimate of drug-likeness (QED) is 0.498. The van der Waals surface area contributed by atoms with Crippen LogP contribution in [0.4, 0.5) is 4.39 Å². The molecule has 0 heterocycles. The number of rotatable bonds is 3. The van der Waals surface area contributed by atoms with E-state index in [9.17, 15) is 4.39 Å². The molecule has 6 heteroatoms. The highest BCUT2D eigenvalue weighted by molar-refractivity contribution is 14.0. The topological polar surface area (TPSA) is 59.6 Å². The van der Waals surface area contributed by atoms with E-state index in [0.29, 0.717) is 18.3 Å². The first kappa shape index (κ1) is 14.9. The van der Waals surface area contributed by atoms with Gasteiger partial charge in [0.05, 0.1) is 7.11 Å². The van der Waals surface area contributed by atoms with E-state index in [1.807, 2.05) is 0 Å². The molecule has 1 rings (SSSR count). The van der Waals surface area contributed by atoms with Crippen molar-refractivity contribution in [3.63, 3.8) is 0 Å². The van der Waals surface area contributed by atoms with Crippen molar-refractivity contribution in [3.05, 3.63) is 29.6 Å². The molecule has 0 amide bonds. The fraction of sp³-hybridized carbons (Fsp3) is 0.300. The summed E-state index contributed by atoms with van der Waals surface area (Å²) in [6.45, 7) is 0.414. The first-order chi connectivity index (χ1) is 7.15. The zero-order chi connectivity index (χ0) is 11.3. The molecule has 0 aromatic heterocycles. The lowest BCUT2D eigenvalue weighted by atomic mass is 10.2. The first-order valence-electron chi connectivity index (χ1n) is 4.45. The van der Waals surface area contributed by atoms with E-state index < -0.39 is 0 Å². The highest BCUT2D eigenvalue weighted by Crippen LogP contribution is 2.15. The molecular formula is C10H15FIN3O. The predicted octanol–water partition coefficient (Wildman–Crippen LogP) is 1.49. The number of benzene rings is 1. The smallest absolute Gasteiger partial charge is 0.188 e. The highest BCUT2D eigenvalue weighted by Gasteiger charge is 2.01. The molecule has 4 nitrogen and oxygen atoms in total. The Hall–Kier alpha value is -1.05. The summed E-state index contributed by atoms with van der Waals surface area (Å²) in [5.74, 6) is 0.468. The Morgan fingerprint density at radius 1 is 1.50 bits per heavy atom. The lowest BCUT2D eigenvalue weighted by molar-refractivity contribution is 0.410. The number of ether oxygens (including phenoxy) is 1. The number of nitrogens with one attached hydrogen (secondary N) is 1. The van der Waals surface area contributed by atoms with E-state index in [2.05, 4.69) is 10.3 Å². The third-order valence-corrected chi connectivity index (χ3v) is 1.88. The van der Waals surface area contributed by atoms with Gasteiger partial charge in [0, 0.05) is 19.7 Å². The summed E-state index contributed by atoms with van der Waals surface area (Å²) in [5.41, 5.74) is 6.19. The normalized spacial score (nSPS) is 10.6. The van der Waals surface area contributed by atoms with Crippen molar-refractivity contribution in [3.8, 4) is 5.75 Å². The molecule has 0 aliphatic heterocycles. The largest absolute Gasteiger partial charge is 0.497 e. The van der Waals surface area contributed by atoms with Crippen molar-refractivity contribution >= 4 is 29.9 Å². The summed E-state index contributed by atoms with van der Waals surface area (Å²) < 4.78 is 18.0. The summed E-state index contributed by atoms with van der Waals surface area (Å²) in [6, 6.07) is 4.47. The molecule has 3 N–H and O–H groups in total. The summed E-state index contributed by atoms with van der Waals surface area (Å²) in [6.07, 6.45) is 0. The Labute approximate surface area is 111 Å². The van der Waals surface area contributed by atoms with Crippen molar-refractivity contribution in [2.24, 2.45) is 10.7 Å². The minimum absolute atomic E-state index is 0. The van der Waals surface area contributed by atoms with Gasteiger partial charge in [-0.2, -0.15) is 0 Å². The van der Waals surface area contributed by atoms with Gasteiger partial charge >= 0.3 is 0 Å². The van der Waals surface area contributed by atoms with Gasteiger partial charge in [-0.1, -0.05) is 0 Å². The van der Waals surface area contributed by atoms with E-state index >= 15 is 0 Å². The predicted molar refractivity (Wildman–Crippen MR) is 72.8 cm³/mol. The Morgan fingerprint density at radius 3 is 2.75 bits per heavy atom. The molecule has 0 atom stereocenters. The Morgan fingerprint density at radius 2 is 2.19 bits per heavy atom. The van der Waals surface area contributed by atoms with Crippen molar-refractivity contribution in [2.45, 2.75) is 6.54 Å². The second-order valence-electron chi connectivity index (χ2n) is 2.96. The van der Waals surface area contributed by atoms with Crippen LogP contribution in [0.3, 0.4) is 0 Å². The van der Waals surface area contributed by atoms with Crippen LogP contribution in [0.15, 0.2) is 23.2 Å². The van der Waals surface area contributed by atoms with Crippen LogP contribution >= 0.6 is 24.0 Å². The maximum Gasteiger partial charge on any atom is 0.188 e. The zero-order valence-electron chi connectivity index (χ0n) is 9.16. The Kier molecular flexibility index (Phi) is 6.78. The van der Waals surface area contributed by atoms with Gasteiger partial charge in [0.2, 0.25) is 0 Å². The first-order valence-corrected chi connectivity index (χ1v) is 4.45. The summed E-state index contributed by atoms with van der Waals surface area (Å²) in [5, 5.41) is 2.83. The minimum atomic E-state index is -0.335. The molecule has 0 saturated heterocycles. The summed E-state index contributed by atoms with van der Waals surface area (Å²) >= 11 is 0. The molecule has 0 bridgehead atoms. The average Bonchev–Trinajstić information content (AvgIpc) is 2.25. The molecule has 0 aliphatic rings. The van der Waals surface area contributed by atoms with Crippen molar-refractivity contribution in [1.82, 2.24) is 5.32 Å². The van der Waals surface area contributed by atoms with Crippen LogP contribution in [0.2, 0.25) is 0 Å². The number of hydrogen-bond acceptors (Lipinski definition) is 2. The third-order valence-electron chi connectivity index (χ3n) is 1.88. The minimum Gasteiger partial charge on any atom is -0.497 e. The van der Waals surface area contributed by atoms with Gasteiger partial charge in [-0.05, 0) is 17.7 Å². The number of nitrogens with two attached hydrogens (primary N) is 1. The van der Waals surface area contributed by atoms with Gasteiger partial charge in [-0.3, -0.25) is 4.99 Å². The fourth-order valence-corrected chi connectivity index (χ4v) is 1.11. The van der Waals surface area contributed by atoms with Crippen LogP contribution in [0.25, 0.3) is 0 Å². The molecule has 0 aliphatic carbocycles. The van der Waals surface area contributed by atoms with E-state index in [4.69, 9.17) is 10.5 Å². The third kappa shape index (κ3) is 4.65. The second kappa shape index (κ2) is 7.26. The van der Waals surface area contributed by atoms with E-state index in [-0.39, 0.29) is 29.8 Å². The molecule has 90 valence electrons. The SMILES string of the molecule is CN=C(N)NCc1cc(F)cc(OC)c1.I. The molecular weight excluding hydrogens is 324 g/mol. The molecule has 16 heavy (non-hydrogen) atoms. The Balaban J connectivity index is 0.00000225. The number of methoxy groups -OCH3 is 1. The van der Waals surface area contributed by atoms with Crippen LogP contribution in [-0.2, 0) is 6.54 Å². The second-order valence-corrected chi connectivity index (χ2v) is 2.96. The van der Waals surface area contributed by atoms with Gasteiger partial charge in [-0.25, -0.2) is 4.39 Å². The monoisotopic (exact) mass is 339 g/mol. The molecule has 0 fully saturated rings. The zero-order valence-corrected chi connectivity index (χ0v) is 11.5. The molecule has 1 aromatic carbocycles. The molecule has 1 aromatic rings. The van der Waals surface area contributed by atoms with Crippen LogP contribution in [-0.4, -0.2) is 20.1 Å². The molecule has 0 unspecified atom stereocenters. The van der Waals surface area contributed by atoms with Crippen LogP contribution in [0, 0.1) is 5.82 Å². The Bertz CT molecular complexity index is 371. The van der Waals surface area contributed by atoms with Gasteiger partial charge in [-0.15, -0.1) is 24.0 Å². The van der Waals surface area contributed by atoms with Crippen LogP contribution in [0.1, 0.15) is 5.56 Å². The van der Waals surface area contributed by atoms with E-state index in [1.54, 1.807) is 13.1 Å². The van der Waals surface area contributed by atoms with Crippen molar-refractivity contribution in [2.75, 3.05) is 14.2 Å². The van der Waals surface area contributed by atoms with Crippen LogP contribution < -0.4 is 15.8 Å². The summed E-state index contributed by atoms with van der Waals surface area (Å²) in [7, 11) is 3.07. The number of nitrogens with zero attached hydrogens (tertiary/aromatic N) is 1. The van der Waals surface area contributed by atoms with Gasteiger partial charge in [0.1, 0.15) is 11.6 Å². The highest BCUT2D eigenvalue weighted by atomic mass is 127. The van der Waals surface area contributed by atoms with Crippen molar-refractivity contribution in [1.29, 1.82) is 0 Å². The molecule has 0 saturated carbocycles. The standard InChI is InChI=1S/C10H14FN3O.HI/c1-13-10(12)14-6-7-3-8(11)5-9(4-7)15-2;/h3-5H,6H2,1-2H3,(H3,12,13,14);1H. The number of aliphatic imine (C=N–C) groups is 1. The lowest BCUT2D eigenvalue weighted by Crippen LogP contribution is -2.30. The van der Waals surface area contributed by atoms with Crippen LogP contribution in [0.5, 0.6) is 5.75 Å². The average molecular weight is 339 g/mol. The van der Waals surface area contributed by atoms with E-state index in [0.717, 1.165) is 5.56 Å². The molecule has 0 spiro atoms. The van der Waals surface area contributed by atoms with Gasteiger partial charge < -0.3 is 15.8 Å². The fourth-order valence-electron chi connectivity index (χ4n) is 1.11.